The number of benzene rings is 1. The first kappa shape index (κ1) is 18.4. The first-order chi connectivity index (χ1) is 12.8. The number of nitrogens with one attached hydrogen (secondary N) is 1. The molecule has 6 nitrogen and oxygen atoms in total. The molecule has 1 aromatic rings. The lowest BCUT2D eigenvalue weighted by Crippen LogP contribution is -2.37. The molecule has 0 atom stereocenters. The van der Waals surface area contributed by atoms with Gasteiger partial charge in [0.15, 0.2) is 0 Å². The summed E-state index contributed by atoms with van der Waals surface area (Å²) in [5, 5.41) is 12.5. The van der Waals surface area contributed by atoms with E-state index in [-0.39, 0.29) is 11.5 Å². The van der Waals surface area contributed by atoms with Crippen LogP contribution in [0.3, 0.4) is 0 Å². The number of nitriles is 1. The van der Waals surface area contributed by atoms with Crippen molar-refractivity contribution in [3.63, 3.8) is 0 Å². The number of fused-ring (bicyclic) bond motifs is 1. The molecule has 1 N–H and O–H groups in total. The Kier molecular flexibility index (Phi) is 6.64. The standard InChI is InChI=1S/C20H26N4O2/c21-15-18(16-22-8-4-9-23-11-13-26-14-12-23)20(25)24-10-3-6-17-5-1-2-7-19(17)24/h1-2,5,7,16,22H,3-4,6,8-14H2/b18-16-. The lowest BCUT2D eigenvalue weighted by Gasteiger charge is -2.29. The molecule has 0 unspecified atom stereocenters. The van der Waals surface area contributed by atoms with Gasteiger partial charge in [-0.25, -0.2) is 0 Å². The van der Waals surface area contributed by atoms with Gasteiger partial charge in [-0.1, -0.05) is 18.2 Å². The average molecular weight is 354 g/mol. The SMILES string of the molecule is N#C/C(=C/NCCCN1CCOCC1)C(=O)N1CCCc2ccccc21. The van der Waals surface area contributed by atoms with E-state index >= 15 is 0 Å². The van der Waals surface area contributed by atoms with Crippen LogP contribution in [0.15, 0.2) is 36.0 Å². The summed E-state index contributed by atoms with van der Waals surface area (Å²) in [5.41, 5.74) is 2.26. The molecule has 2 aliphatic rings. The number of nitrogens with zero attached hydrogens (tertiary/aromatic N) is 3. The van der Waals surface area contributed by atoms with Crippen LogP contribution in [0.5, 0.6) is 0 Å². The van der Waals surface area contributed by atoms with Crippen LogP contribution in [0.2, 0.25) is 0 Å². The van der Waals surface area contributed by atoms with Crippen molar-refractivity contribution in [3.05, 3.63) is 41.6 Å². The highest BCUT2D eigenvalue weighted by molar-refractivity contribution is 6.08. The third-order valence-electron chi connectivity index (χ3n) is 4.85. The zero-order valence-corrected chi connectivity index (χ0v) is 15.1. The molecule has 1 saturated heterocycles. The van der Waals surface area contributed by atoms with Crippen molar-refractivity contribution >= 4 is 11.6 Å². The molecule has 138 valence electrons. The van der Waals surface area contributed by atoms with Gasteiger partial charge in [0, 0.05) is 38.1 Å². The third-order valence-corrected chi connectivity index (χ3v) is 4.85. The summed E-state index contributed by atoms with van der Waals surface area (Å²) in [7, 11) is 0. The van der Waals surface area contributed by atoms with Gasteiger partial charge in [-0.2, -0.15) is 5.26 Å². The Morgan fingerprint density at radius 1 is 1.27 bits per heavy atom. The Hall–Kier alpha value is -2.36. The van der Waals surface area contributed by atoms with E-state index in [0.29, 0.717) is 6.54 Å². The summed E-state index contributed by atoms with van der Waals surface area (Å²) in [5.74, 6) is -0.222. The molecule has 2 heterocycles. The fourth-order valence-electron chi connectivity index (χ4n) is 3.44. The molecular weight excluding hydrogens is 328 g/mol. The van der Waals surface area contributed by atoms with Gasteiger partial charge in [0.2, 0.25) is 0 Å². The molecule has 0 aromatic heterocycles. The molecule has 6 heteroatoms. The van der Waals surface area contributed by atoms with E-state index < -0.39 is 0 Å². The monoisotopic (exact) mass is 354 g/mol. The molecular formula is C20H26N4O2. The molecule has 1 fully saturated rings. The van der Waals surface area contributed by atoms with Crippen molar-refractivity contribution in [3.8, 4) is 6.07 Å². The van der Waals surface area contributed by atoms with Gasteiger partial charge in [-0.05, 0) is 37.4 Å². The number of rotatable bonds is 6. The molecule has 0 bridgehead atoms. The number of aryl methyl sites for hydroxylation is 1. The van der Waals surface area contributed by atoms with E-state index in [0.717, 1.165) is 64.3 Å². The maximum atomic E-state index is 12.8. The maximum Gasteiger partial charge on any atom is 0.270 e. The number of para-hydroxylation sites is 1. The number of anilines is 1. The molecule has 0 radical (unpaired) electrons. The number of ether oxygens (including phenoxy) is 1. The zero-order valence-electron chi connectivity index (χ0n) is 15.1. The predicted octanol–water partition coefficient (Wildman–Crippen LogP) is 1.69. The van der Waals surface area contributed by atoms with Crippen LogP contribution < -0.4 is 10.2 Å². The second-order valence-electron chi connectivity index (χ2n) is 6.62. The number of hydrogen-bond acceptors (Lipinski definition) is 5. The largest absolute Gasteiger partial charge is 0.390 e. The van der Waals surface area contributed by atoms with Gasteiger partial charge >= 0.3 is 0 Å². The molecule has 1 aromatic carbocycles. The van der Waals surface area contributed by atoms with Crippen LogP contribution in [0, 0.1) is 11.3 Å². The van der Waals surface area contributed by atoms with Crippen molar-refractivity contribution in [1.82, 2.24) is 10.2 Å². The van der Waals surface area contributed by atoms with Gasteiger partial charge < -0.3 is 15.0 Å². The molecule has 0 saturated carbocycles. The van der Waals surface area contributed by atoms with Crippen LogP contribution in [0.25, 0.3) is 0 Å². The Labute approximate surface area is 155 Å². The van der Waals surface area contributed by atoms with Crippen molar-refractivity contribution in [2.75, 3.05) is 50.8 Å². The fraction of sp³-hybridized carbons (Fsp3) is 0.500. The van der Waals surface area contributed by atoms with Crippen LogP contribution in [0.4, 0.5) is 5.69 Å². The molecule has 2 aliphatic heterocycles. The average Bonchev–Trinajstić information content (AvgIpc) is 2.70. The number of amides is 1. The Morgan fingerprint density at radius 3 is 2.88 bits per heavy atom. The minimum absolute atomic E-state index is 0.160. The quantitative estimate of drug-likeness (QED) is 0.478. The Morgan fingerprint density at radius 2 is 2.08 bits per heavy atom. The van der Waals surface area contributed by atoms with Crippen molar-refractivity contribution in [2.24, 2.45) is 0 Å². The molecule has 3 rings (SSSR count). The highest BCUT2D eigenvalue weighted by atomic mass is 16.5. The number of carbonyl (C=O) groups excluding carboxylic acids is 1. The van der Waals surface area contributed by atoms with E-state index in [9.17, 15) is 10.1 Å². The molecule has 0 spiro atoms. The lowest BCUT2D eigenvalue weighted by atomic mass is 10.0. The summed E-state index contributed by atoms with van der Waals surface area (Å²) >= 11 is 0. The Bertz CT molecular complexity index is 689. The first-order valence-electron chi connectivity index (χ1n) is 9.33. The second kappa shape index (κ2) is 9.37. The minimum atomic E-state index is -0.222. The van der Waals surface area contributed by atoms with Gasteiger partial charge in [0.1, 0.15) is 11.6 Å². The number of morpholine rings is 1. The summed E-state index contributed by atoms with van der Waals surface area (Å²) in [4.78, 5) is 16.9. The topological polar surface area (TPSA) is 68.6 Å². The smallest absolute Gasteiger partial charge is 0.270 e. The third kappa shape index (κ3) is 4.63. The summed E-state index contributed by atoms with van der Waals surface area (Å²) in [6.45, 7) is 5.96. The van der Waals surface area contributed by atoms with Gasteiger partial charge in [0.25, 0.3) is 5.91 Å². The Balaban J connectivity index is 1.52. The minimum Gasteiger partial charge on any atom is -0.390 e. The molecule has 0 aliphatic carbocycles. The van der Waals surface area contributed by atoms with Gasteiger partial charge in [-0.3, -0.25) is 9.69 Å². The van der Waals surface area contributed by atoms with Crippen LogP contribution >= 0.6 is 0 Å². The first-order valence-corrected chi connectivity index (χ1v) is 9.33. The van der Waals surface area contributed by atoms with Gasteiger partial charge in [0.05, 0.1) is 13.2 Å². The van der Waals surface area contributed by atoms with Crippen molar-refractivity contribution in [1.29, 1.82) is 5.26 Å². The lowest BCUT2D eigenvalue weighted by molar-refractivity contribution is -0.114. The maximum absolute atomic E-state index is 12.8. The fourth-order valence-corrected chi connectivity index (χ4v) is 3.44. The molecule has 26 heavy (non-hydrogen) atoms. The number of carbonyl (C=O) groups is 1. The zero-order chi connectivity index (χ0) is 18.2. The van der Waals surface area contributed by atoms with Gasteiger partial charge in [-0.15, -0.1) is 0 Å². The number of hydrogen-bond donors (Lipinski definition) is 1. The van der Waals surface area contributed by atoms with E-state index in [1.165, 1.54) is 5.56 Å². The normalized spacial score (nSPS) is 18.1. The molecule has 1 amide bonds. The van der Waals surface area contributed by atoms with Crippen LogP contribution in [0.1, 0.15) is 18.4 Å². The summed E-state index contributed by atoms with van der Waals surface area (Å²) in [6.07, 6.45) is 4.44. The van der Waals surface area contributed by atoms with E-state index in [4.69, 9.17) is 4.74 Å². The van der Waals surface area contributed by atoms with Crippen LogP contribution in [-0.2, 0) is 16.0 Å². The summed E-state index contributed by atoms with van der Waals surface area (Å²) < 4.78 is 5.34. The van der Waals surface area contributed by atoms with E-state index in [2.05, 4.69) is 22.4 Å². The van der Waals surface area contributed by atoms with Crippen molar-refractivity contribution < 1.29 is 9.53 Å². The van der Waals surface area contributed by atoms with Crippen molar-refractivity contribution in [2.45, 2.75) is 19.3 Å². The van der Waals surface area contributed by atoms with E-state index in [1.807, 2.05) is 18.2 Å². The summed E-state index contributed by atoms with van der Waals surface area (Å²) in [6, 6.07) is 9.98. The van der Waals surface area contributed by atoms with E-state index in [1.54, 1.807) is 11.1 Å². The highest BCUT2D eigenvalue weighted by Gasteiger charge is 2.24. The van der Waals surface area contributed by atoms with Crippen LogP contribution in [-0.4, -0.2) is 56.7 Å². The highest BCUT2D eigenvalue weighted by Crippen LogP contribution is 2.27. The second-order valence-corrected chi connectivity index (χ2v) is 6.62. The predicted molar refractivity (Wildman–Crippen MR) is 101 cm³/mol.